The second kappa shape index (κ2) is 7.00. The first kappa shape index (κ1) is 15.1. The molecule has 24 heavy (non-hydrogen) atoms. The van der Waals surface area contributed by atoms with Crippen molar-refractivity contribution < 1.29 is 0 Å². The van der Waals surface area contributed by atoms with E-state index in [0.717, 1.165) is 11.1 Å². The highest BCUT2D eigenvalue weighted by atomic mass is 14.8. The SMILES string of the molecule is N#Cc1nc(/C=C/c2ccccc2)c(-c2ccccc2)nc1C#N. The molecule has 0 unspecified atom stereocenters. The summed E-state index contributed by atoms with van der Waals surface area (Å²) in [4.78, 5) is 8.67. The van der Waals surface area contributed by atoms with Crippen LogP contribution in [0.1, 0.15) is 22.6 Å². The molecule has 4 nitrogen and oxygen atoms in total. The predicted octanol–water partition coefficient (Wildman–Crippen LogP) is 4.06. The molecule has 0 N–H and O–H groups in total. The van der Waals surface area contributed by atoms with Crippen molar-refractivity contribution in [3.63, 3.8) is 0 Å². The van der Waals surface area contributed by atoms with Crippen LogP contribution < -0.4 is 0 Å². The summed E-state index contributed by atoms with van der Waals surface area (Å²) < 4.78 is 0. The molecule has 0 saturated heterocycles. The topological polar surface area (TPSA) is 73.4 Å². The summed E-state index contributed by atoms with van der Waals surface area (Å²) >= 11 is 0. The van der Waals surface area contributed by atoms with Crippen LogP contribution in [0.15, 0.2) is 60.7 Å². The van der Waals surface area contributed by atoms with Crippen LogP contribution in [0.5, 0.6) is 0 Å². The molecule has 1 heterocycles. The van der Waals surface area contributed by atoms with Gasteiger partial charge in [-0.3, -0.25) is 0 Å². The summed E-state index contributed by atoms with van der Waals surface area (Å²) in [5, 5.41) is 18.4. The molecule has 0 fully saturated rings. The van der Waals surface area contributed by atoms with Gasteiger partial charge in [0.25, 0.3) is 0 Å². The Morgan fingerprint density at radius 2 is 1.29 bits per heavy atom. The van der Waals surface area contributed by atoms with Crippen molar-refractivity contribution in [2.24, 2.45) is 0 Å². The van der Waals surface area contributed by atoms with Gasteiger partial charge >= 0.3 is 0 Å². The quantitative estimate of drug-likeness (QED) is 0.731. The zero-order chi connectivity index (χ0) is 16.8. The Balaban J connectivity index is 2.15. The van der Waals surface area contributed by atoms with Crippen LogP contribution in [0, 0.1) is 22.7 Å². The summed E-state index contributed by atoms with van der Waals surface area (Å²) in [6.45, 7) is 0. The molecule has 0 atom stereocenters. The molecule has 112 valence electrons. The van der Waals surface area contributed by atoms with Crippen LogP contribution in [-0.4, -0.2) is 9.97 Å². The van der Waals surface area contributed by atoms with Crippen LogP contribution in [0.2, 0.25) is 0 Å². The first-order valence-corrected chi connectivity index (χ1v) is 7.32. The van der Waals surface area contributed by atoms with Crippen LogP contribution in [0.4, 0.5) is 0 Å². The summed E-state index contributed by atoms with van der Waals surface area (Å²) in [7, 11) is 0. The van der Waals surface area contributed by atoms with Gasteiger partial charge in [-0.2, -0.15) is 10.5 Å². The van der Waals surface area contributed by atoms with E-state index in [1.54, 1.807) is 0 Å². The van der Waals surface area contributed by atoms with Crippen molar-refractivity contribution in [3.8, 4) is 23.4 Å². The van der Waals surface area contributed by atoms with E-state index in [1.807, 2.05) is 85.0 Å². The standard InChI is InChI=1S/C20H12N4/c21-13-18-19(14-22)24-20(16-9-5-2-6-10-16)17(23-18)12-11-15-7-3-1-4-8-15/h1-12H/b12-11+. The maximum Gasteiger partial charge on any atom is 0.177 e. The summed E-state index contributed by atoms with van der Waals surface area (Å²) in [6, 6.07) is 23.2. The van der Waals surface area contributed by atoms with Gasteiger partial charge in [-0.25, -0.2) is 9.97 Å². The molecule has 3 rings (SSSR count). The van der Waals surface area contributed by atoms with Gasteiger partial charge in [-0.05, 0) is 11.6 Å². The summed E-state index contributed by atoms with van der Waals surface area (Å²) in [5.41, 5.74) is 3.07. The molecule has 1 aromatic heterocycles. The highest BCUT2D eigenvalue weighted by molar-refractivity contribution is 5.77. The fraction of sp³-hybridized carbons (Fsp3) is 0. The molecule has 0 aliphatic carbocycles. The minimum atomic E-state index is 0.0323. The minimum Gasteiger partial charge on any atom is -0.232 e. The van der Waals surface area contributed by atoms with Gasteiger partial charge in [0, 0.05) is 5.56 Å². The van der Waals surface area contributed by atoms with Crippen LogP contribution >= 0.6 is 0 Å². The van der Waals surface area contributed by atoms with Gasteiger partial charge in [-0.15, -0.1) is 0 Å². The minimum absolute atomic E-state index is 0.0323. The Bertz CT molecular complexity index is 962. The number of hydrogen-bond donors (Lipinski definition) is 0. The second-order valence-corrected chi connectivity index (χ2v) is 4.99. The van der Waals surface area contributed by atoms with Crippen LogP contribution in [0.3, 0.4) is 0 Å². The van der Waals surface area contributed by atoms with Gasteiger partial charge < -0.3 is 0 Å². The van der Waals surface area contributed by atoms with Crippen molar-refractivity contribution >= 4 is 12.2 Å². The number of rotatable bonds is 3. The van der Waals surface area contributed by atoms with Crippen molar-refractivity contribution in [2.75, 3.05) is 0 Å². The van der Waals surface area contributed by atoms with E-state index in [-0.39, 0.29) is 11.4 Å². The van der Waals surface area contributed by atoms with E-state index in [9.17, 15) is 10.5 Å². The third kappa shape index (κ3) is 3.19. The van der Waals surface area contributed by atoms with E-state index < -0.39 is 0 Å². The fourth-order valence-electron chi connectivity index (χ4n) is 2.27. The number of nitrogens with zero attached hydrogens (tertiary/aromatic N) is 4. The van der Waals surface area contributed by atoms with Crippen molar-refractivity contribution in [1.82, 2.24) is 9.97 Å². The highest BCUT2D eigenvalue weighted by Gasteiger charge is 2.13. The molecule has 0 bridgehead atoms. The van der Waals surface area contributed by atoms with E-state index in [0.29, 0.717) is 11.4 Å². The fourth-order valence-corrected chi connectivity index (χ4v) is 2.27. The normalized spacial score (nSPS) is 10.2. The molecule has 0 aliphatic rings. The zero-order valence-electron chi connectivity index (χ0n) is 12.7. The molecule has 0 amide bonds. The lowest BCUT2D eigenvalue weighted by Crippen LogP contribution is -2.00. The van der Waals surface area contributed by atoms with Crippen molar-refractivity contribution in [1.29, 1.82) is 10.5 Å². The number of hydrogen-bond acceptors (Lipinski definition) is 4. The van der Waals surface area contributed by atoms with E-state index in [4.69, 9.17) is 0 Å². The largest absolute Gasteiger partial charge is 0.232 e. The van der Waals surface area contributed by atoms with Crippen molar-refractivity contribution in [2.45, 2.75) is 0 Å². The lowest BCUT2D eigenvalue weighted by Gasteiger charge is -2.06. The molecule has 0 radical (unpaired) electrons. The Morgan fingerprint density at radius 1 is 0.708 bits per heavy atom. The molecule has 0 saturated carbocycles. The number of nitriles is 2. The lowest BCUT2D eigenvalue weighted by atomic mass is 10.1. The van der Waals surface area contributed by atoms with Gasteiger partial charge in [0.1, 0.15) is 12.1 Å². The molecular weight excluding hydrogens is 296 g/mol. The third-order valence-electron chi connectivity index (χ3n) is 3.42. The molecule has 4 heteroatoms. The smallest absolute Gasteiger partial charge is 0.177 e. The van der Waals surface area contributed by atoms with Gasteiger partial charge in [0.2, 0.25) is 0 Å². The maximum atomic E-state index is 9.20. The Labute approximate surface area is 140 Å². The van der Waals surface area contributed by atoms with Gasteiger partial charge in [0.15, 0.2) is 11.4 Å². The average Bonchev–Trinajstić information content (AvgIpc) is 2.67. The average molecular weight is 308 g/mol. The number of benzene rings is 2. The Hall–Kier alpha value is -3.76. The molecule has 0 spiro atoms. The molecular formula is C20H12N4. The Morgan fingerprint density at radius 3 is 1.92 bits per heavy atom. The van der Waals surface area contributed by atoms with Gasteiger partial charge in [-0.1, -0.05) is 66.7 Å². The van der Waals surface area contributed by atoms with E-state index in [1.165, 1.54) is 0 Å². The lowest BCUT2D eigenvalue weighted by molar-refractivity contribution is 1.12. The first-order valence-electron chi connectivity index (χ1n) is 7.32. The number of aromatic nitrogens is 2. The van der Waals surface area contributed by atoms with Crippen molar-refractivity contribution in [3.05, 3.63) is 83.3 Å². The monoisotopic (exact) mass is 308 g/mol. The van der Waals surface area contributed by atoms with Gasteiger partial charge in [0.05, 0.1) is 11.4 Å². The summed E-state index contributed by atoms with van der Waals surface area (Å²) in [6.07, 6.45) is 3.72. The third-order valence-corrected chi connectivity index (χ3v) is 3.42. The molecule has 3 aromatic rings. The second-order valence-electron chi connectivity index (χ2n) is 4.99. The Kier molecular flexibility index (Phi) is 4.42. The summed E-state index contributed by atoms with van der Waals surface area (Å²) in [5.74, 6) is 0. The van der Waals surface area contributed by atoms with E-state index in [2.05, 4.69) is 9.97 Å². The molecule has 2 aromatic carbocycles. The predicted molar refractivity (Wildman–Crippen MR) is 92.3 cm³/mol. The first-order chi connectivity index (χ1) is 11.8. The maximum absolute atomic E-state index is 9.20. The van der Waals surface area contributed by atoms with Crippen LogP contribution in [0.25, 0.3) is 23.4 Å². The highest BCUT2D eigenvalue weighted by Crippen LogP contribution is 2.23. The molecule has 0 aliphatic heterocycles. The van der Waals surface area contributed by atoms with E-state index >= 15 is 0 Å². The zero-order valence-corrected chi connectivity index (χ0v) is 12.7. The van der Waals surface area contributed by atoms with Crippen LogP contribution in [-0.2, 0) is 0 Å².